The van der Waals surface area contributed by atoms with Crippen LogP contribution < -0.4 is 16.4 Å². The fraction of sp³-hybridized carbons (Fsp3) is 0. The fourth-order valence-electron chi connectivity index (χ4n) is 0.194. The highest BCUT2D eigenvalue weighted by atomic mass is 32.1. The highest BCUT2D eigenvalue weighted by Gasteiger charge is 1.91. The zero-order valence-electron chi connectivity index (χ0n) is 4.34. The van der Waals surface area contributed by atoms with Crippen LogP contribution in [0, 0.1) is 11.5 Å². The third-order valence-corrected chi connectivity index (χ3v) is 0.712. The summed E-state index contributed by atoms with van der Waals surface area (Å²) in [6.45, 7) is 0. The lowest BCUT2D eigenvalue weighted by molar-refractivity contribution is 1.21. The summed E-state index contributed by atoms with van der Waals surface area (Å²) < 4.78 is 0. The molecule has 0 bridgehead atoms. The van der Waals surface area contributed by atoms with Crippen molar-refractivity contribution in [3.8, 4) is 6.19 Å². The van der Waals surface area contributed by atoms with Crippen LogP contribution in [0.2, 0.25) is 0 Å². The molecule has 9 heavy (non-hydrogen) atoms. The van der Waals surface area contributed by atoms with Crippen molar-refractivity contribution >= 4 is 34.7 Å². The first-order chi connectivity index (χ1) is 4.16. The summed E-state index contributed by atoms with van der Waals surface area (Å²) in [4.78, 5) is 0. The van der Waals surface area contributed by atoms with Gasteiger partial charge in [-0.1, -0.05) is 0 Å². The lowest BCUT2D eigenvalue weighted by Crippen LogP contribution is -2.39. The topological polar surface area (TPSA) is 73.9 Å². The lowest BCUT2D eigenvalue weighted by atomic mass is 10.9. The first-order valence-electron chi connectivity index (χ1n) is 1.92. The summed E-state index contributed by atoms with van der Waals surface area (Å²) in [5.41, 5.74) is 5.01. The standard InChI is InChI=1S/C3H4N4S2/c4-1-6-3(9)7-2(5)8/h(H4,5,6,7,8,9). The van der Waals surface area contributed by atoms with Gasteiger partial charge in [0.1, 0.15) is 0 Å². The normalized spacial score (nSPS) is 7.00. The molecule has 4 nitrogen and oxygen atoms in total. The third-order valence-electron chi connectivity index (χ3n) is 0.406. The average Bonchev–Trinajstić information content (AvgIpc) is 1.63. The van der Waals surface area contributed by atoms with Gasteiger partial charge in [0.05, 0.1) is 0 Å². The van der Waals surface area contributed by atoms with Gasteiger partial charge in [-0.05, 0) is 24.4 Å². The summed E-state index contributed by atoms with van der Waals surface area (Å²) in [6.07, 6.45) is 1.60. The number of nitrogens with zero attached hydrogens (tertiary/aromatic N) is 1. The van der Waals surface area contributed by atoms with E-state index in [0.29, 0.717) is 0 Å². The van der Waals surface area contributed by atoms with E-state index < -0.39 is 0 Å². The van der Waals surface area contributed by atoms with Crippen molar-refractivity contribution in [2.75, 3.05) is 0 Å². The van der Waals surface area contributed by atoms with Crippen molar-refractivity contribution < 1.29 is 0 Å². The molecule has 0 aliphatic rings. The van der Waals surface area contributed by atoms with Crippen LogP contribution in [0.15, 0.2) is 0 Å². The van der Waals surface area contributed by atoms with E-state index in [9.17, 15) is 0 Å². The molecular formula is C3H4N4S2. The van der Waals surface area contributed by atoms with Crippen molar-refractivity contribution in [1.82, 2.24) is 10.6 Å². The predicted octanol–water partition coefficient (Wildman–Crippen LogP) is -0.825. The van der Waals surface area contributed by atoms with Crippen LogP contribution in [-0.4, -0.2) is 10.2 Å². The number of hydrogen-bond donors (Lipinski definition) is 3. The molecule has 0 unspecified atom stereocenters. The number of nitriles is 1. The van der Waals surface area contributed by atoms with E-state index >= 15 is 0 Å². The van der Waals surface area contributed by atoms with Gasteiger partial charge in [0, 0.05) is 0 Å². The molecule has 0 aliphatic carbocycles. The zero-order valence-corrected chi connectivity index (χ0v) is 5.97. The fourth-order valence-corrected chi connectivity index (χ4v) is 0.516. The summed E-state index contributed by atoms with van der Waals surface area (Å²) in [5.74, 6) is 0. The zero-order chi connectivity index (χ0) is 7.28. The molecule has 0 fully saturated rings. The van der Waals surface area contributed by atoms with E-state index in [-0.39, 0.29) is 10.2 Å². The molecule has 6 heteroatoms. The lowest BCUT2D eigenvalue weighted by Gasteiger charge is -1.99. The first kappa shape index (κ1) is 8.07. The van der Waals surface area contributed by atoms with Crippen molar-refractivity contribution in [2.24, 2.45) is 5.73 Å². The minimum atomic E-state index is 0.0442. The van der Waals surface area contributed by atoms with Gasteiger partial charge in [0.25, 0.3) is 0 Å². The number of nitrogens with one attached hydrogen (secondary N) is 2. The van der Waals surface area contributed by atoms with Crippen molar-refractivity contribution in [3.05, 3.63) is 0 Å². The van der Waals surface area contributed by atoms with Crippen molar-refractivity contribution in [3.63, 3.8) is 0 Å². The molecule has 0 radical (unpaired) electrons. The van der Waals surface area contributed by atoms with Gasteiger partial charge >= 0.3 is 0 Å². The smallest absolute Gasteiger partial charge is 0.185 e. The monoisotopic (exact) mass is 160 g/mol. The molecule has 48 valence electrons. The summed E-state index contributed by atoms with van der Waals surface area (Å²) in [7, 11) is 0. The van der Waals surface area contributed by atoms with Crippen LogP contribution in [0.5, 0.6) is 0 Å². The number of thiocarbonyl (C=S) groups is 2. The second kappa shape index (κ2) is 4.00. The minimum absolute atomic E-state index is 0.0442. The number of nitrogens with two attached hydrogens (primary N) is 1. The van der Waals surface area contributed by atoms with Gasteiger partial charge in [-0.15, -0.1) is 0 Å². The van der Waals surface area contributed by atoms with Crippen LogP contribution in [0.3, 0.4) is 0 Å². The van der Waals surface area contributed by atoms with Gasteiger partial charge in [-0.3, -0.25) is 5.32 Å². The van der Waals surface area contributed by atoms with E-state index in [1.807, 2.05) is 0 Å². The molecule has 4 N–H and O–H groups in total. The van der Waals surface area contributed by atoms with Crippen LogP contribution in [-0.2, 0) is 0 Å². The molecule has 0 aromatic rings. The van der Waals surface area contributed by atoms with Crippen LogP contribution in [0.4, 0.5) is 0 Å². The Hall–Kier alpha value is -0.930. The maximum atomic E-state index is 7.98. The number of hydrogen-bond acceptors (Lipinski definition) is 3. The predicted molar refractivity (Wildman–Crippen MR) is 41.3 cm³/mol. The molecule has 0 aromatic carbocycles. The van der Waals surface area contributed by atoms with Gasteiger partial charge in [0.2, 0.25) is 0 Å². The molecular weight excluding hydrogens is 156 g/mol. The highest BCUT2D eigenvalue weighted by molar-refractivity contribution is 7.81. The maximum absolute atomic E-state index is 7.98. The van der Waals surface area contributed by atoms with E-state index in [1.54, 1.807) is 6.19 Å². The second-order valence-corrected chi connectivity index (χ2v) is 1.90. The van der Waals surface area contributed by atoms with Crippen molar-refractivity contribution in [2.45, 2.75) is 0 Å². The van der Waals surface area contributed by atoms with Crippen LogP contribution in [0.25, 0.3) is 0 Å². The van der Waals surface area contributed by atoms with Crippen LogP contribution in [0.1, 0.15) is 0 Å². The van der Waals surface area contributed by atoms with Gasteiger partial charge in [-0.2, -0.15) is 5.26 Å². The average molecular weight is 160 g/mol. The second-order valence-electron chi connectivity index (χ2n) is 1.06. The molecule has 0 saturated carbocycles. The van der Waals surface area contributed by atoms with Gasteiger partial charge < -0.3 is 11.1 Å². The highest BCUT2D eigenvalue weighted by Crippen LogP contribution is 1.62. The molecule has 0 heterocycles. The maximum Gasteiger partial charge on any atom is 0.185 e. The Morgan fingerprint density at radius 3 is 2.44 bits per heavy atom. The third kappa shape index (κ3) is 4.93. The number of rotatable bonds is 0. The van der Waals surface area contributed by atoms with E-state index in [0.717, 1.165) is 0 Å². The molecule has 0 aromatic heterocycles. The Morgan fingerprint density at radius 1 is 1.56 bits per heavy atom. The largest absolute Gasteiger partial charge is 0.376 e. The molecule has 0 saturated heterocycles. The Kier molecular flexibility index (Phi) is 3.59. The van der Waals surface area contributed by atoms with Gasteiger partial charge in [-0.25, -0.2) is 0 Å². The van der Waals surface area contributed by atoms with E-state index in [4.69, 9.17) is 11.0 Å². The van der Waals surface area contributed by atoms with Crippen LogP contribution >= 0.6 is 24.4 Å². The van der Waals surface area contributed by atoms with Gasteiger partial charge in [0.15, 0.2) is 16.4 Å². The quantitative estimate of drug-likeness (QED) is 0.244. The van der Waals surface area contributed by atoms with E-state index in [2.05, 4.69) is 35.1 Å². The van der Waals surface area contributed by atoms with Crippen molar-refractivity contribution in [1.29, 1.82) is 5.26 Å². The Bertz CT molecular complexity index is 169. The Morgan fingerprint density at radius 2 is 2.11 bits per heavy atom. The Balaban J connectivity index is 3.54. The molecule has 0 aliphatic heterocycles. The van der Waals surface area contributed by atoms with E-state index in [1.165, 1.54) is 0 Å². The first-order valence-corrected chi connectivity index (χ1v) is 2.74. The minimum Gasteiger partial charge on any atom is -0.376 e. The molecule has 0 rings (SSSR count). The SMILES string of the molecule is N#CNC(=S)NC(N)=S. The molecule has 0 atom stereocenters. The summed E-state index contributed by atoms with van der Waals surface area (Å²) >= 11 is 8.93. The summed E-state index contributed by atoms with van der Waals surface area (Å²) in [5, 5.41) is 12.6. The Labute approximate surface area is 63.0 Å². The molecule has 0 amide bonds. The summed E-state index contributed by atoms with van der Waals surface area (Å²) in [6, 6.07) is 0. The molecule has 0 spiro atoms.